The molecular weight excluding hydrogens is 384 g/mol. The van der Waals surface area contributed by atoms with E-state index in [1.165, 1.54) is 0 Å². The molecule has 1 heterocycles. The second-order valence-electron chi connectivity index (χ2n) is 6.79. The minimum atomic E-state index is -0.268. The molecule has 0 aliphatic rings. The number of urea groups is 1. The normalized spacial score (nSPS) is 10.8. The first kappa shape index (κ1) is 19.0. The number of anilines is 1. The average molecular weight is 405 g/mol. The molecule has 2 amide bonds. The molecule has 2 N–H and O–H groups in total. The summed E-state index contributed by atoms with van der Waals surface area (Å²) in [7, 11) is 0. The number of para-hydroxylation sites is 2. The third-order valence-corrected chi connectivity index (χ3v) is 5.14. The summed E-state index contributed by atoms with van der Waals surface area (Å²) in [5.74, 6) is 0.888. The molecular formula is C23H21ClN4O. The minimum Gasteiger partial charge on any atom is -0.336 e. The van der Waals surface area contributed by atoms with E-state index in [1.54, 1.807) is 6.07 Å². The fraction of sp³-hybridized carbons (Fsp3) is 0.130. The summed E-state index contributed by atoms with van der Waals surface area (Å²) in [5, 5.41) is 6.34. The van der Waals surface area contributed by atoms with Crippen LogP contribution in [-0.4, -0.2) is 22.1 Å². The molecule has 5 nitrogen and oxygen atoms in total. The second kappa shape index (κ2) is 8.37. The second-order valence-corrected chi connectivity index (χ2v) is 7.19. The molecule has 0 fully saturated rings. The number of carbonyl (C=O) groups is 1. The van der Waals surface area contributed by atoms with Crippen LogP contribution < -0.4 is 10.6 Å². The lowest BCUT2D eigenvalue weighted by atomic mass is 10.2. The Labute approximate surface area is 174 Å². The van der Waals surface area contributed by atoms with E-state index in [0.29, 0.717) is 23.8 Å². The van der Waals surface area contributed by atoms with E-state index in [2.05, 4.69) is 15.2 Å². The Morgan fingerprint density at radius 2 is 1.79 bits per heavy atom. The number of amides is 2. The van der Waals surface area contributed by atoms with Crippen molar-refractivity contribution >= 4 is 34.4 Å². The highest BCUT2D eigenvalue weighted by atomic mass is 35.5. The summed E-state index contributed by atoms with van der Waals surface area (Å²) >= 11 is 6.12. The van der Waals surface area contributed by atoms with E-state index < -0.39 is 0 Å². The molecule has 6 heteroatoms. The van der Waals surface area contributed by atoms with Gasteiger partial charge in [0.2, 0.25) is 0 Å². The number of nitrogens with one attached hydrogen (secondary N) is 2. The summed E-state index contributed by atoms with van der Waals surface area (Å²) in [5.41, 5.74) is 4.65. The molecule has 1 aromatic heterocycles. The highest BCUT2D eigenvalue weighted by molar-refractivity contribution is 6.31. The van der Waals surface area contributed by atoms with Crippen molar-refractivity contribution in [3.63, 3.8) is 0 Å². The number of hydrogen-bond donors (Lipinski definition) is 2. The van der Waals surface area contributed by atoms with Gasteiger partial charge in [0.25, 0.3) is 0 Å². The highest BCUT2D eigenvalue weighted by Crippen LogP contribution is 2.24. The zero-order chi connectivity index (χ0) is 20.2. The predicted molar refractivity (Wildman–Crippen MR) is 118 cm³/mol. The Morgan fingerprint density at radius 3 is 2.59 bits per heavy atom. The number of nitrogens with zero attached hydrogens (tertiary/aromatic N) is 2. The van der Waals surface area contributed by atoms with Crippen LogP contribution in [-0.2, 0) is 6.54 Å². The van der Waals surface area contributed by atoms with Crippen LogP contribution in [0.5, 0.6) is 0 Å². The van der Waals surface area contributed by atoms with Gasteiger partial charge in [0.15, 0.2) is 0 Å². The average Bonchev–Trinajstić information content (AvgIpc) is 3.10. The standard InChI is InChI=1S/C23H21ClN4O/c1-16-11-12-18(15-19(16)24)26-23(29)25-13-14-28-21-10-6-5-9-20(21)27-22(28)17-7-3-2-4-8-17/h2-12,15H,13-14H2,1H3,(H2,25,26,29). The molecule has 0 aliphatic heterocycles. The van der Waals surface area contributed by atoms with E-state index >= 15 is 0 Å². The van der Waals surface area contributed by atoms with Crippen LogP contribution in [0.2, 0.25) is 5.02 Å². The lowest BCUT2D eigenvalue weighted by Gasteiger charge is -2.12. The molecule has 4 aromatic rings. The van der Waals surface area contributed by atoms with E-state index in [1.807, 2.05) is 73.7 Å². The van der Waals surface area contributed by atoms with Crippen molar-refractivity contribution < 1.29 is 4.79 Å². The predicted octanol–water partition coefficient (Wildman–Crippen LogP) is 5.49. The Bertz CT molecular complexity index is 1150. The van der Waals surface area contributed by atoms with Gasteiger partial charge < -0.3 is 15.2 Å². The van der Waals surface area contributed by atoms with Gasteiger partial charge in [-0.3, -0.25) is 0 Å². The van der Waals surface area contributed by atoms with Crippen LogP contribution in [0, 0.1) is 6.92 Å². The minimum absolute atomic E-state index is 0.268. The maximum absolute atomic E-state index is 12.3. The van der Waals surface area contributed by atoms with E-state index in [0.717, 1.165) is 28.0 Å². The van der Waals surface area contributed by atoms with Crippen LogP contribution >= 0.6 is 11.6 Å². The van der Waals surface area contributed by atoms with Crippen LogP contribution in [0.3, 0.4) is 0 Å². The fourth-order valence-corrected chi connectivity index (χ4v) is 3.42. The summed E-state index contributed by atoms with van der Waals surface area (Å²) < 4.78 is 2.13. The number of carbonyl (C=O) groups excluding carboxylic acids is 1. The van der Waals surface area contributed by atoms with Crippen LogP contribution in [0.15, 0.2) is 72.8 Å². The van der Waals surface area contributed by atoms with Crippen LogP contribution in [0.25, 0.3) is 22.4 Å². The van der Waals surface area contributed by atoms with E-state index in [4.69, 9.17) is 16.6 Å². The summed E-state index contributed by atoms with van der Waals surface area (Å²) in [6, 6.07) is 23.3. The smallest absolute Gasteiger partial charge is 0.319 e. The van der Waals surface area contributed by atoms with Crippen molar-refractivity contribution in [2.24, 2.45) is 0 Å². The van der Waals surface area contributed by atoms with Crippen LogP contribution in [0.1, 0.15) is 5.56 Å². The first-order valence-corrected chi connectivity index (χ1v) is 9.81. The highest BCUT2D eigenvalue weighted by Gasteiger charge is 2.12. The number of aryl methyl sites for hydroxylation is 1. The molecule has 3 aromatic carbocycles. The Kier molecular flexibility index (Phi) is 5.49. The van der Waals surface area contributed by atoms with Crippen molar-refractivity contribution in [3.05, 3.63) is 83.4 Å². The summed E-state index contributed by atoms with van der Waals surface area (Å²) in [4.78, 5) is 17.1. The number of rotatable bonds is 5. The number of hydrogen-bond acceptors (Lipinski definition) is 2. The van der Waals surface area contributed by atoms with Gasteiger partial charge in [-0.2, -0.15) is 0 Å². The SMILES string of the molecule is Cc1ccc(NC(=O)NCCn2c(-c3ccccc3)nc3ccccc32)cc1Cl. The number of aromatic nitrogens is 2. The van der Waals surface area contributed by atoms with Gasteiger partial charge in [-0.15, -0.1) is 0 Å². The zero-order valence-electron chi connectivity index (χ0n) is 16.0. The van der Waals surface area contributed by atoms with Crippen molar-refractivity contribution in [2.75, 3.05) is 11.9 Å². The molecule has 0 saturated heterocycles. The summed E-state index contributed by atoms with van der Waals surface area (Å²) in [6.07, 6.45) is 0. The van der Waals surface area contributed by atoms with Crippen molar-refractivity contribution in [2.45, 2.75) is 13.5 Å². The van der Waals surface area contributed by atoms with Crippen molar-refractivity contribution in [3.8, 4) is 11.4 Å². The first-order valence-electron chi connectivity index (χ1n) is 9.43. The van der Waals surface area contributed by atoms with E-state index in [9.17, 15) is 4.79 Å². The number of fused-ring (bicyclic) bond motifs is 1. The third-order valence-electron chi connectivity index (χ3n) is 4.74. The third kappa shape index (κ3) is 4.25. The zero-order valence-corrected chi connectivity index (χ0v) is 16.8. The maximum Gasteiger partial charge on any atom is 0.319 e. The molecule has 0 saturated carbocycles. The largest absolute Gasteiger partial charge is 0.336 e. The summed E-state index contributed by atoms with van der Waals surface area (Å²) in [6.45, 7) is 2.99. The van der Waals surface area contributed by atoms with Gasteiger partial charge in [-0.1, -0.05) is 60.1 Å². The molecule has 0 bridgehead atoms. The maximum atomic E-state index is 12.3. The Morgan fingerprint density at radius 1 is 1.03 bits per heavy atom. The van der Waals surface area contributed by atoms with Gasteiger partial charge >= 0.3 is 6.03 Å². The molecule has 146 valence electrons. The molecule has 29 heavy (non-hydrogen) atoms. The van der Waals surface area contributed by atoms with Crippen LogP contribution in [0.4, 0.5) is 10.5 Å². The molecule has 0 spiro atoms. The van der Waals surface area contributed by atoms with Gasteiger partial charge in [0.05, 0.1) is 11.0 Å². The molecule has 0 atom stereocenters. The lowest BCUT2D eigenvalue weighted by Crippen LogP contribution is -2.31. The van der Waals surface area contributed by atoms with Gasteiger partial charge in [-0.05, 0) is 36.8 Å². The fourth-order valence-electron chi connectivity index (χ4n) is 3.24. The van der Waals surface area contributed by atoms with Crippen molar-refractivity contribution in [1.82, 2.24) is 14.9 Å². The molecule has 4 rings (SSSR count). The van der Waals surface area contributed by atoms with Gasteiger partial charge in [0, 0.05) is 29.4 Å². The number of benzene rings is 3. The van der Waals surface area contributed by atoms with Gasteiger partial charge in [-0.25, -0.2) is 9.78 Å². The molecule has 0 unspecified atom stereocenters. The molecule has 0 radical (unpaired) electrons. The van der Waals surface area contributed by atoms with Gasteiger partial charge in [0.1, 0.15) is 5.82 Å². The number of imidazole rings is 1. The monoisotopic (exact) mass is 404 g/mol. The Balaban J connectivity index is 1.48. The first-order chi connectivity index (χ1) is 14.1. The topological polar surface area (TPSA) is 59.0 Å². The molecule has 0 aliphatic carbocycles. The Hall–Kier alpha value is -3.31. The van der Waals surface area contributed by atoms with Crippen molar-refractivity contribution in [1.29, 1.82) is 0 Å². The number of halogens is 1. The lowest BCUT2D eigenvalue weighted by molar-refractivity contribution is 0.251. The van der Waals surface area contributed by atoms with E-state index in [-0.39, 0.29) is 6.03 Å². The quantitative estimate of drug-likeness (QED) is 0.462.